The first-order valence-electron chi connectivity index (χ1n) is 9.92. The number of fused-ring (bicyclic) bond motifs is 2. The standard InChI is InChI=1S/C21H24N4O2S/c26-18(27)10-15-11-21(12-15)3-7-25(8-4-21)13-14-1-2-17-16(9-14)24-19-20(28-17)23-6-5-22-19/h1-2,5-6,9,15H,3-4,7-8,10-13H2,(H,22,24)(H,26,27). The fourth-order valence-corrected chi connectivity index (χ4v) is 5.87. The highest BCUT2D eigenvalue weighted by molar-refractivity contribution is 7.99. The van der Waals surface area contributed by atoms with Crippen LogP contribution in [0.3, 0.4) is 0 Å². The zero-order chi connectivity index (χ0) is 19.1. The predicted octanol–water partition coefficient (Wildman–Crippen LogP) is 4.15. The Morgan fingerprint density at radius 1 is 1.25 bits per heavy atom. The second-order valence-corrected chi connectivity index (χ2v) is 9.45. The molecule has 2 aliphatic heterocycles. The lowest BCUT2D eigenvalue weighted by molar-refractivity contribution is -0.140. The van der Waals surface area contributed by atoms with E-state index in [2.05, 4.69) is 38.4 Å². The molecule has 1 spiro atoms. The van der Waals surface area contributed by atoms with E-state index in [1.165, 1.54) is 23.3 Å². The molecule has 5 rings (SSSR count). The molecule has 3 heterocycles. The van der Waals surface area contributed by atoms with Crippen LogP contribution in [0, 0.1) is 11.3 Å². The third-order valence-electron chi connectivity index (χ3n) is 6.40. The fraction of sp³-hybridized carbons (Fsp3) is 0.476. The summed E-state index contributed by atoms with van der Waals surface area (Å²) >= 11 is 1.66. The first kappa shape index (κ1) is 17.9. The number of hydrogen-bond acceptors (Lipinski definition) is 6. The van der Waals surface area contributed by atoms with Gasteiger partial charge in [-0.25, -0.2) is 9.97 Å². The van der Waals surface area contributed by atoms with Crippen molar-refractivity contribution in [3.8, 4) is 0 Å². The minimum atomic E-state index is -0.648. The van der Waals surface area contributed by atoms with Gasteiger partial charge in [0, 0.05) is 30.3 Å². The summed E-state index contributed by atoms with van der Waals surface area (Å²) < 4.78 is 0. The number of anilines is 2. The average Bonchev–Trinajstić information content (AvgIpc) is 2.66. The van der Waals surface area contributed by atoms with Crippen molar-refractivity contribution in [2.24, 2.45) is 11.3 Å². The van der Waals surface area contributed by atoms with E-state index in [0.29, 0.717) is 17.8 Å². The predicted molar refractivity (Wildman–Crippen MR) is 108 cm³/mol. The lowest BCUT2D eigenvalue weighted by atomic mass is 9.57. The van der Waals surface area contributed by atoms with Gasteiger partial charge in [-0.1, -0.05) is 17.8 Å². The van der Waals surface area contributed by atoms with E-state index in [0.717, 1.165) is 49.0 Å². The molecule has 2 aromatic rings. The molecule has 1 saturated carbocycles. The van der Waals surface area contributed by atoms with Crippen LogP contribution in [0.4, 0.5) is 11.5 Å². The maximum atomic E-state index is 10.9. The number of aliphatic carboxylic acids is 1. The van der Waals surface area contributed by atoms with E-state index < -0.39 is 5.97 Å². The molecule has 6 nitrogen and oxygen atoms in total. The third kappa shape index (κ3) is 3.49. The van der Waals surface area contributed by atoms with Gasteiger partial charge in [0.2, 0.25) is 0 Å². The Morgan fingerprint density at radius 2 is 2.04 bits per heavy atom. The highest BCUT2D eigenvalue weighted by atomic mass is 32.2. The molecule has 0 atom stereocenters. The van der Waals surface area contributed by atoms with E-state index in [1.54, 1.807) is 24.2 Å². The summed E-state index contributed by atoms with van der Waals surface area (Å²) in [7, 11) is 0. The number of aromatic nitrogens is 2. The maximum absolute atomic E-state index is 10.9. The minimum Gasteiger partial charge on any atom is -0.481 e. The van der Waals surface area contributed by atoms with E-state index in [1.807, 2.05) is 0 Å². The number of nitrogens with one attached hydrogen (secondary N) is 1. The van der Waals surface area contributed by atoms with Gasteiger partial charge in [-0.05, 0) is 67.8 Å². The van der Waals surface area contributed by atoms with Crippen LogP contribution in [0.15, 0.2) is 40.5 Å². The number of likely N-dealkylation sites (tertiary alicyclic amines) is 1. The number of benzene rings is 1. The number of carboxylic acids is 1. The summed E-state index contributed by atoms with van der Waals surface area (Å²) in [6.45, 7) is 3.17. The van der Waals surface area contributed by atoms with Crippen LogP contribution >= 0.6 is 11.8 Å². The Kier molecular flexibility index (Phi) is 4.51. The van der Waals surface area contributed by atoms with Crippen LogP contribution in [0.1, 0.15) is 37.7 Å². The molecule has 3 aliphatic rings. The number of nitrogens with zero attached hydrogens (tertiary/aromatic N) is 3. The van der Waals surface area contributed by atoms with Gasteiger partial charge in [-0.2, -0.15) is 0 Å². The van der Waals surface area contributed by atoms with Crippen molar-refractivity contribution in [2.45, 2.75) is 48.6 Å². The zero-order valence-corrected chi connectivity index (χ0v) is 16.5. The smallest absolute Gasteiger partial charge is 0.303 e. The van der Waals surface area contributed by atoms with Crippen LogP contribution < -0.4 is 5.32 Å². The third-order valence-corrected chi connectivity index (χ3v) is 7.47. The number of piperidine rings is 1. The fourth-order valence-electron chi connectivity index (χ4n) is 4.99. The number of rotatable bonds is 4. The molecule has 0 unspecified atom stereocenters. The van der Waals surface area contributed by atoms with Gasteiger partial charge < -0.3 is 10.4 Å². The highest BCUT2D eigenvalue weighted by Crippen LogP contribution is 2.53. The van der Waals surface area contributed by atoms with Gasteiger partial charge in [-0.15, -0.1) is 0 Å². The lowest BCUT2D eigenvalue weighted by Crippen LogP contribution is -2.47. The molecule has 28 heavy (non-hydrogen) atoms. The molecular weight excluding hydrogens is 372 g/mol. The first-order chi connectivity index (χ1) is 13.6. The summed E-state index contributed by atoms with van der Waals surface area (Å²) in [5.74, 6) is 0.585. The van der Waals surface area contributed by atoms with Gasteiger partial charge in [0.15, 0.2) is 5.82 Å². The molecule has 2 fully saturated rings. The van der Waals surface area contributed by atoms with Crippen molar-refractivity contribution < 1.29 is 9.90 Å². The van der Waals surface area contributed by atoms with Gasteiger partial charge in [0.25, 0.3) is 0 Å². The monoisotopic (exact) mass is 396 g/mol. The largest absolute Gasteiger partial charge is 0.481 e. The molecule has 2 N–H and O–H groups in total. The Morgan fingerprint density at radius 3 is 2.82 bits per heavy atom. The zero-order valence-electron chi connectivity index (χ0n) is 15.7. The second kappa shape index (κ2) is 7.04. The van der Waals surface area contributed by atoms with Gasteiger partial charge >= 0.3 is 5.97 Å². The molecule has 1 aliphatic carbocycles. The molecule has 0 amide bonds. The lowest BCUT2D eigenvalue weighted by Gasteiger charge is -2.52. The van der Waals surface area contributed by atoms with Gasteiger partial charge in [-0.3, -0.25) is 9.69 Å². The van der Waals surface area contributed by atoms with Crippen molar-refractivity contribution in [1.82, 2.24) is 14.9 Å². The maximum Gasteiger partial charge on any atom is 0.303 e. The number of carbonyl (C=O) groups is 1. The Bertz CT molecular complexity index is 903. The van der Waals surface area contributed by atoms with Crippen LogP contribution in [0.5, 0.6) is 0 Å². The molecule has 0 bridgehead atoms. The molecule has 0 radical (unpaired) electrons. The average molecular weight is 397 g/mol. The molecule has 1 aromatic carbocycles. The number of carboxylic acid groups (broad SMARTS) is 1. The molecular formula is C21H24N4O2S. The van der Waals surface area contributed by atoms with Crippen LogP contribution in [-0.4, -0.2) is 39.0 Å². The first-order valence-corrected chi connectivity index (χ1v) is 10.7. The summed E-state index contributed by atoms with van der Waals surface area (Å²) in [5, 5.41) is 13.3. The van der Waals surface area contributed by atoms with Crippen LogP contribution in [-0.2, 0) is 11.3 Å². The Labute approximate surface area is 168 Å². The van der Waals surface area contributed by atoms with Crippen LogP contribution in [0.2, 0.25) is 0 Å². The molecule has 1 saturated heterocycles. The van der Waals surface area contributed by atoms with Gasteiger partial charge in [0.1, 0.15) is 5.03 Å². The van der Waals surface area contributed by atoms with Crippen molar-refractivity contribution in [1.29, 1.82) is 0 Å². The molecule has 1 aromatic heterocycles. The van der Waals surface area contributed by atoms with Crippen LogP contribution in [0.25, 0.3) is 0 Å². The van der Waals surface area contributed by atoms with E-state index in [-0.39, 0.29) is 0 Å². The topological polar surface area (TPSA) is 78.4 Å². The van der Waals surface area contributed by atoms with Crippen molar-refractivity contribution >= 4 is 29.2 Å². The van der Waals surface area contributed by atoms with Gasteiger partial charge in [0.05, 0.1) is 5.69 Å². The summed E-state index contributed by atoms with van der Waals surface area (Å²) in [6.07, 6.45) is 8.39. The second-order valence-electron chi connectivity index (χ2n) is 8.42. The quantitative estimate of drug-likeness (QED) is 0.686. The Balaban J connectivity index is 1.18. The normalized spacial score (nSPS) is 20.7. The number of hydrogen-bond donors (Lipinski definition) is 2. The SMILES string of the molecule is O=C(O)CC1CC2(CCN(Cc3ccc4c(c3)Nc3nccnc3S4)CC2)C1. The van der Waals surface area contributed by atoms with Crippen molar-refractivity contribution in [2.75, 3.05) is 18.4 Å². The van der Waals surface area contributed by atoms with E-state index in [9.17, 15) is 4.79 Å². The van der Waals surface area contributed by atoms with Crippen molar-refractivity contribution in [3.05, 3.63) is 36.2 Å². The van der Waals surface area contributed by atoms with Crippen molar-refractivity contribution in [3.63, 3.8) is 0 Å². The summed E-state index contributed by atoms with van der Waals surface area (Å²) in [4.78, 5) is 23.4. The molecule has 146 valence electrons. The Hall–Kier alpha value is -2.12. The molecule has 7 heteroatoms. The van der Waals surface area contributed by atoms with E-state index >= 15 is 0 Å². The summed E-state index contributed by atoms with van der Waals surface area (Å²) in [6, 6.07) is 6.62. The van der Waals surface area contributed by atoms with E-state index in [4.69, 9.17) is 5.11 Å². The minimum absolute atomic E-state index is 0.346. The summed E-state index contributed by atoms with van der Waals surface area (Å²) in [5.41, 5.74) is 2.85. The highest BCUT2D eigenvalue weighted by Gasteiger charge is 2.46.